The van der Waals surface area contributed by atoms with E-state index >= 15 is 0 Å². The van der Waals surface area contributed by atoms with E-state index in [0.717, 1.165) is 28.7 Å². The third-order valence-corrected chi connectivity index (χ3v) is 7.51. The second-order valence-corrected chi connectivity index (χ2v) is 9.88. The van der Waals surface area contributed by atoms with Crippen molar-refractivity contribution in [3.8, 4) is 5.75 Å². The zero-order chi connectivity index (χ0) is 24.8. The van der Waals surface area contributed by atoms with Gasteiger partial charge in [-0.1, -0.05) is 29.5 Å². The van der Waals surface area contributed by atoms with Gasteiger partial charge in [-0.25, -0.2) is 0 Å². The van der Waals surface area contributed by atoms with Gasteiger partial charge in [-0.2, -0.15) is 4.99 Å². The number of carbonyl (C=O) groups is 3. The van der Waals surface area contributed by atoms with E-state index in [1.807, 2.05) is 43.3 Å². The number of nitrogens with zero attached hydrogens (tertiary/aromatic N) is 3. The number of rotatable bonds is 8. The van der Waals surface area contributed by atoms with Gasteiger partial charge in [-0.05, 0) is 49.6 Å². The second-order valence-electron chi connectivity index (χ2n) is 7.89. The van der Waals surface area contributed by atoms with Crippen molar-refractivity contribution >= 4 is 56.8 Å². The molecule has 35 heavy (non-hydrogen) atoms. The average Bonchev–Trinajstić information content (AvgIpc) is 3.19. The van der Waals surface area contributed by atoms with Crippen LogP contribution in [-0.2, 0) is 32.1 Å². The molecule has 4 rings (SSSR count). The van der Waals surface area contributed by atoms with Gasteiger partial charge in [0.2, 0.25) is 5.91 Å². The molecule has 1 aliphatic heterocycles. The van der Waals surface area contributed by atoms with E-state index in [-0.39, 0.29) is 29.9 Å². The number of aryl methyl sites for hydroxylation is 1. The molecule has 0 spiro atoms. The fourth-order valence-electron chi connectivity index (χ4n) is 3.98. The van der Waals surface area contributed by atoms with Crippen molar-refractivity contribution < 1.29 is 23.9 Å². The van der Waals surface area contributed by atoms with Crippen LogP contribution in [0.4, 0.5) is 5.69 Å². The normalized spacial score (nSPS) is 13.5. The number of aromatic nitrogens is 1. The summed E-state index contributed by atoms with van der Waals surface area (Å²) in [5.74, 6) is 0.157. The molecule has 2 aromatic carbocycles. The topological polar surface area (TPSA) is 90.2 Å². The molecule has 0 saturated carbocycles. The van der Waals surface area contributed by atoms with Crippen LogP contribution >= 0.6 is 23.1 Å². The Balaban J connectivity index is 1.47. The minimum atomic E-state index is -0.436. The van der Waals surface area contributed by atoms with E-state index in [4.69, 9.17) is 9.47 Å². The number of hydrogen-bond donors (Lipinski definition) is 0. The predicted octanol–water partition coefficient (Wildman–Crippen LogP) is 3.41. The molecule has 0 atom stereocenters. The van der Waals surface area contributed by atoms with Gasteiger partial charge in [0.05, 0.1) is 35.4 Å². The van der Waals surface area contributed by atoms with Crippen LogP contribution in [0.2, 0.25) is 0 Å². The Kier molecular flexibility index (Phi) is 8.25. The lowest BCUT2D eigenvalue weighted by atomic mass is 10.0. The SMILES string of the molecule is CCOc1ccc2c(c1)sc(=NC(=O)CSCC(=O)N1CCCc3ccccc31)n2CC(=O)OC. The number of ether oxygens (including phenoxy) is 2. The molecule has 184 valence electrons. The van der Waals surface area contributed by atoms with E-state index in [0.29, 0.717) is 23.7 Å². The molecule has 0 saturated heterocycles. The van der Waals surface area contributed by atoms with Crippen LogP contribution in [0.15, 0.2) is 47.5 Å². The van der Waals surface area contributed by atoms with Crippen LogP contribution in [-0.4, -0.2) is 54.1 Å². The molecular formula is C25H27N3O5S2. The van der Waals surface area contributed by atoms with Gasteiger partial charge in [0.1, 0.15) is 12.3 Å². The molecule has 8 nitrogen and oxygen atoms in total. The lowest BCUT2D eigenvalue weighted by molar-refractivity contribution is -0.141. The van der Waals surface area contributed by atoms with Crippen molar-refractivity contribution in [3.05, 3.63) is 52.8 Å². The number of anilines is 1. The maximum Gasteiger partial charge on any atom is 0.325 e. The van der Waals surface area contributed by atoms with Crippen LogP contribution in [0.5, 0.6) is 5.75 Å². The molecule has 0 bridgehead atoms. The predicted molar refractivity (Wildman–Crippen MR) is 138 cm³/mol. The number of thiazole rings is 1. The maximum absolute atomic E-state index is 12.8. The highest BCUT2D eigenvalue weighted by Gasteiger charge is 2.22. The molecule has 0 unspecified atom stereocenters. The number of esters is 1. The number of para-hydroxylation sites is 1. The number of fused-ring (bicyclic) bond motifs is 2. The summed E-state index contributed by atoms with van der Waals surface area (Å²) in [4.78, 5) is 43.9. The minimum absolute atomic E-state index is 0.0129. The Hall–Kier alpha value is -3.11. The van der Waals surface area contributed by atoms with Crippen LogP contribution in [0.1, 0.15) is 18.9 Å². The molecule has 0 N–H and O–H groups in total. The van der Waals surface area contributed by atoms with Crippen molar-refractivity contribution in [1.82, 2.24) is 4.57 Å². The summed E-state index contributed by atoms with van der Waals surface area (Å²) in [5.41, 5.74) is 2.90. The van der Waals surface area contributed by atoms with Gasteiger partial charge in [-0.3, -0.25) is 14.4 Å². The van der Waals surface area contributed by atoms with Gasteiger partial charge < -0.3 is 18.9 Å². The molecule has 0 aliphatic carbocycles. The first kappa shape index (κ1) is 25.0. The molecule has 3 aromatic rings. The molecular weight excluding hydrogens is 486 g/mol. The van der Waals surface area contributed by atoms with E-state index < -0.39 is 5.97 Å². The first-order chi connectivity index (χ1) is 17.0. The van der Waals surface area contributed by atoms with Crippen LogP contribution in [0, 0.1) is 0 Å². The van der Waals surface area contributed by atoms with E-state index in [1.165, 1.54) is 35.8 Å². The standard InChI is InChI=1S/C25H27N3O5S2/c1-3-33-18-10-11-20-21(13-18)35-25(28(20)14-24(31)32-2)26-22(29)15-34-16-23(30)27-12-6-8-17-7-4-5-9-19(17)27/h4-5,7,9-11,13H,3,6,8,12,14-16H2,1-2H3. The van der Waals surface area contributed by atoms with E-state index in [1.54, 1.807) is 9.47 Å². The zero-order valence-electron chi connectivity index (χ0n) is 19.7. The van der Waals surface area contributed by atoms with Gasteiger partial charge in [0.25, 0.3) is 5.91 Å². The summed E-state index contributed by atoms with van der Waals surface area (Å²) >= 11 is 2.55. The highest BCUT2D eigenvalue weighted by Crippen LogP contribution is 2.27. The Bertz CT molecular complexity index is 1310. The maximum atomic E-state index is 12.8. The molecule has 0 radical (unpaired) electrons. The Morgan fingerprint density at radius 2 is 1.97 bits per heavy atom. The van der Waals surface area contributed by atoms with E-state index in [9.17, 15) is 14.4 Å². The summed E-state index contributed by atoms with van der Waals surface area (Å²) in [6, 6.07) is 13.5. The summed E-state index contributed by atoms with van der Waals surface area (Å²) in [6.45, 7) is 3.07. The van der Waals surface area contributed by atoms with Crippen LogP contribution in [0.25, 0.3) is 10.2 Å². The second kappa shape index (κ2) is 11.5. The van der Waals surface area contributed by atoms with Gasteiger partial charge in [0.15, 0.2) is 4.80 Å². The van der Waals surface area contributed by atoms with Crippen molar-refractivity contribution in [2.45, 2.75) is 26.3 Å². The summed E-state index contributed by atoms with van der Waals surface area (Å²) in [6.07, 6.45) is 1.90. The largest absolute Gasteiger partial charge is 0.494 e. The Morgan fingerprint density at radius 1 is 1.14 bits per heavy atom. The highest BCUT2D eigenvalue weighted by atomic mass is 32.2. The summed E-state index contributed by atoms with van der Waals surface area (Å²) in [5, 5.41) is 0. The quantitative estimate of drug-likeness (QED) is 0.429. The fraction of sp³-hybridized carbons (Fsp3) is 0.360. The molecule has 10 heteroatoms. The number of carbonyl (C=O) groups excluding carboxylic acids is 3. The zero-order valence-corrected chi connectivity index (χ0v) is 21.3. The molecule has 1 aromatic heterocycles. The third-order valence-electron chi connectivity index (χ3n) is 5.56. The molecule has 2 amide bonds. The highest BCUT2D eigenvalue weighted by molar-refractivity contribution is 8.00. The first-order valence-corrected chi connectivity index (χ1v) is 13.3. The van der Waals surface area contributed by atoms with E-state index in [2.05, 4.69) is 11.1 Å². The van der Waals surface area contributed by atoms with Crippen LogP contribution < -0.4 is 14.4 Å². The molecule has 0 fully saturated rings. The lowest BCUT2D eigenvalue weighted by Crippen LogP contribution is -2.36. The number of methoxy groups -OCH3 is 1. The van der Waals surface area contributed by atoms with Crippen molar-refractivity contribution in [2.75, 3.05) is 36.7 Å². The Morgan fingerprint density at radius 3 is 2.77 bits per heavy atom. The number of amides is 2. The minimum Gasteiger partial charge on any atom is -0.494 e. The summed E-state index contributed by atoms with van der Waals surface area (Å²) < 4.78 is 12.9. The van der Waals surface area contributed by atoms with Crippen molar-refractivity contribution in [1.29, 1.82) is 0 Å². The number of benzene rings is 2. The molecule has 2 heterocycles. The van der Waals surface area contributed by atoms with Gasteiger partial charge in [0, 0.05) is 12.2 Å². The smallest absolute Gasteiger partial charge is 0.325 e. The fourth-order valence-corrected chi connectivity index (χ4v) is 5.72. The van der Waals surface area contributed by atoms with Gasteiger partial charge >= 0.3 is 5.97 Å². The Labute approximate surface area is 211 Å². The van der Waals surface area contributed by atoms with Crippen molar-refractivity contribution in [3.63, 3.8) is 0 Å². The monoisotopic (exact) mass is 513 g/mol. The number of hydrogen-bond acceptors (Lipinski definition) is 7. The number of thioether (sulfide) groups is 1. The first-order valence-electron chi connectivity index (χ1n) is 11.4. The van der Waals surface area contributed by atoms with Crippen LogP contribution in [0.3, 0.4) is 0 Å². The average molecular weight is 514 g/mol. The summed E-state index contributed by atoms with van der Waals surface area (Å²) in [7, 11) is 1.32. The van der Waals surface area contributed by atoms with Crippen molar-refractivity contribution in [2.24, 2.45) is 4.99 Å². The lowest BCUT2D eigenvalue weighted by Gasteiger charge is -2.29. The third kappa shape index (κ3) is 5.94. The van der Waals surface area contributed by atoms with Gasteiger partial charge in [-0.15, -0.1) is 11.8 Å². The molecule has 1 aliphatic rings.